The summed E-state index contributed by atoms with van der Waals surface area (Å²) in [6.45, 7) is -0.417. The molecule has 0 aromatic heterocycles. The van der Waals surface area contributed by atoms with E-state index in [4.69, 9.17) is 11.6 Å². The fraction of sp³-hybridized carbons (Fsp3) is 0.304. The smallest absolute Gasteiger partial charge is 0.273 e. The normalized spacial score (nSPS) is 20.5. The average Bonchev–Trinajstić information content (AvgIpc) is 3.03. The highest BCUT2D eigenvalue weighted by Crippen LogP contribution is 2.39. The zero-order valence-electron chi connectivity index (χ0n) is 16.6. The molecule has 2 aromatic carbocycles. The Bertz CT molecular complexity index is 1010. The number of amides is 3. The van der Waals surface area contributed by atoms with Gasteiger partial charge in [-0.05, 0) is 49.2 Å². The summed E-state index contributed by atoms with van der Waals surface area (Å²) >= 11 is 9.25. The molecule has 2 atom stereocenters. The van der Waals surface area contributed by atoms with Crippen LogP contribution < -0.4 is 0 Å². The van der Waals surface area contributed by atoms with Crippen LogP contribution in [0.15, 0.2) is 53.0 Å². The van der Waals surface area contributed by atoms with Crippen molar-refractivity contribution in [2.24, 2.45) is 11.8 Å². The molecular formula is C23H20BrClN2O4. The van der Waals surface area contributed by atoms with Gasteiger partial charge < -0.3 is 0 Å². The van der Waals surface area contributed by atoms with Gasteiger partial charge in [-0.2, -0.15) is 5.01 Å². The zero-order valence-corrected chi connectivity index (χ0v) is 18.9. The lowest BCUT2D eigenvalue weighted by Gasteiger charge is -2.30. The quantitative estimate of drug-likeness (QED) is 0.444. The van der Waals surface area contributed by atoms with Gasteiger partial charge in [0, 0.05) is 20.6 Å². The second-order valence-electron chi connectivity index (χ2n) is 7.79. The molecule has 0 radical (unpaired) electrons. The molecule has 0 N–H and O–H groups in total. The van der Waals surface area contributed by atoms with Crippen molar-refractivity contribution >= 4 is 51.0 Å². The largest absolute Gasteiger partial charge is 0.292 e. The predicted octanol–water partition coefficient (Wildman–Crippen LogP) is 4.52. The number of carbonyl (C=O) groups is 4. The number of hydrogen-bond acceptors (Lipinski definition) is 4. The van der Waals surface area contributed by atoms with Crippen LogP contribution >= 0.6 is 27.5 Å². The van der Waals surface area contributed by atoms with Crippen molar-refractivity contribution in [2.45, 2.75) is 25.7 Å². The maximum atomic E-state index is 13.3. The van der Waals surface area contributed by atoms with Gasteiger partial charge in [-0.3, -0.25) is 19.2 Å². The van der Waals surface area contributed by atoms with Crippen LogP contribution in [0.25, 0.3) is 0 Å². The molecule has 0 unspecified atom stereocenters. The molecule has 1 saturated carbocycles. The standard InChI is InChI=1S/C23H20BrClN2O4/c24-16-9-5-14(6-10-16)20(28)13-26(21(29)15-7-11-17(25)12-8-15)27-22(30)18-3-1-2-4-19(18)23(27)31/h5-12,18-19H,1-4,13H2/t18-,19-/m0/s1. The van der Waals surface area contributed by atoms with Crippen LogP contribution in [0, 0.1) is 11.8 Å². The number of benzene rings is 2. The first-order valence-corrected chi connectivity index (χ1v) is 11.3. The average molecular weight is 504 g/mol. The Labute approximate surface area is 193 Å². The van der Waals surface area contributed by atoms with Gasteiger partial charge in [0.1, 0.15) is 6.54 Å². The molecule has 4 rings (SSSR count). The van der Waals surface area contributed by atoms with E-state index < -0.39 is 36.1 Å². The van der Waals surface area contributed by atoms with Crippen molar-refractivity contribution in [3.63, 3.8) is 0 Å². The summed E-state index contributed by atoms with van der Waals surface area (Å²) in [6.07, 6.45) is 2.98. The zero-order chi connectivity index (χ0) is 22.1. The van der Waals surface area contributed by atoms with Gasteiger partial charge in [-0.1, -0.05) is 52.5 Å². The van der Waals surface area contributed by atoms with E-state index in [9.17, 15) is 19.2 Å². The van der Waals surface area contributed by atoms with Crippen LogP contribution in [0.4, 0.5) is 0 Å². The first kappa shape index (κ1) is 21.7. The van der Waals surface area contributed by atoms with E-state index in [1.54, 1.807) is 36.4 Å². The lowest BCUT2D eigenvalue weighted by atomic mass is 9.81. The summed E-state index contributed by atoms with van der Waals surface area (Å²) in [7, 11) is 0. The molecule has 6 nitrogen and oxygen atoms in total. The predicted molar refractivity (Wildman–Crippen MR) is 118 cm³/mol. The Morgan fingerprint density at radius 3 is 1.97 bits per heavy atom. The topological polar surface area (TPSA) is 74.8 Å². The minimum absolute atomic E-state index is 0.239. The highest BCUT2D eigenvalue weighted by atomic mass is 79.9. The number of hydrazine groups is 1. The molecule has 2 aliphatic rings. The van der Waals surface area contributed by atoms with E-state index in [2.05, 4.69) is 15.9 Å². The Balaban J connectivity index is 1.68. The van der Waals surface area contributed by atoms with E-state index >= 15 is 0 Å². The lowest BCUT2D eigenvalue weighted by Crippen LogP contribution is -2.52. The van der Waals surface area contributed by atoms with Crippen LogP contribution in [0.1, 0.15) is 46.4 Å². The SMILES string of the molecule is O=C(CN(C(=O)c1ccc(Cl)cc1)N1C(=O)[C@H]2CCCC[C@@H]2C1=O)c1ccc(Br)cc1. The Morgan fingerprint density at radius 2 is 1.42 bits per heavy atom. The summed E-state index contributed by atoms with van der Waals surface area (Å²) in [5.74, 6) is -2.62. The summed E-state index contributed by atoms with van der Waals surface area (Å²) in [4.78, 5) is 52.5. The second kappa shape index (κ2) is 8.93. The van der Waals surface area contributed by atoms with E-state index in [1.807, 2.05) is 0 Å². The number of Topliss-reactive ketones (excluding diaryl/α,β-unsaturated/α-hetero) is 1. The number of rotatable bonds is 5. The van der Waals surface area contributed by atoms with E-state index in [-0.39, 0.29) is 11.3 Å². The second-order valence-corrected chi connectivity index (χ2v) is 9.14. The molecule has 1 aliphatic carbocycles. The van der Waals surface area contributed by atoms with E-state index in [1.165, 1.54) is 12.1 Å². The van der Waals surface area contributed by atoms with Gasteiger partial charge in [-0.15, -0.1) is 0 Å². The van der Waals surface area contributed by atoms with Crippen molar-refractivity contribution in [2.75, 3.05) is 6.54 Å². The molecule has 8 heteroatoms. The van der Waals surface area contributed by atoms with Gasteiger partial charge in [0.15, 0.2) is 5.78 Å². The van der Waals surface area contributed by atoms with Crippen molar-refractivity contribution in [1.29, 1.82) is 0 Å². The van der Waals surface area contributed by atoms with Gasteiger partial charge in [-0.25, -0.2) is 5.01 Å². The van der Waals surface area contributed by atoms with Gasteiger partial charge in [0.2, 0.25) is 0 Å². The molecular weight excluding hydrogens is 484 g/mol. The van der Waals surface area contributed by atoms with Crippen LogP contribution in [-0.2, 0) is 9.59 Å². The molecule has 1 heterocycles. The molecule has 3 amide bonds. The number of fused-ring (bicyclic) bond motifs is 1. The molecule has 0 spiro atoms. The van der Waals surface area contributed by atoms with Gasteiger partial charge in [0.25, 0.3) is 17.7 Å². The van der Waals surface area contributed by atoms with Crippen LogP contribution in [0.5, 0.6) is 0 Å². The first-order valence-electron chi connectivity index (χ1n) is 10.1. The minimum atomic E-state index is -0.595. The van der Waals surface area contributed by atoms with Crippen LogP contribution in [0.3, 0.4) is 0 Å². The third-order valence-corrected chi connectivity index (χ3v) is 6.63. The summed E-state index contributed by atoms with van der Waals surface area (Å²) in [5, 5.41) is 2.36. The number of nitrogens with zero attached hydrogens (tertiary/aromatic N) is 2. The minimum Gasteiger partial charge on any atom is -0.292 e. The number of ketones is 1. The summed E-state index contributed by atoms with van der Waals surface area (Å²) in [5.41, 5.74) is 0.622. The Hall–Kier alpha value is -2.51. The van der Waals surface area contributed by atoms with Gasteiger partial charge >= 0.3 is 0 Å². The molecule has 31 heavy (non-hydrogen) atoms. The van der Waals surface area contributed by atoms with Crippen LogP contribution in [-0.4, -0.2) is 40.1 Å². The lowest BCUT2D eigenvalue weighted by molar-refractivity contribution is -0.154. The third-order valence-electron chi connectivity index (χ3n) is 5.84. The van der Waals surface area contributed by atoms with E-state index in [0.717, 1.165) is 27.3 Å². The maximum absolute atomic E-state index is 13.3. The molecule has 0 bridgehead atoms. The summed E-state index contributed by atoms with van der Waals surface area (Å²) < 4.78 is 0.812. The number of hydrogen-bond donors (Lipinski definition) is 0. The molecule has 2 aromatic rings. The molecule has 1 saturated heterocycles. The number of imide groups is 1. The molecule has 2 fully saturated rings. The number of halogens is 2. The molecule has 160 valence electrons. The highest BCUT2D eigenvalue weighted by Gasteiger charge is 2.51. The van der Waals surface area contributed by atoms with Crippen molar-refractivity contribution in [1.82, 2.24) is 10.0 Å². The fourth-order valence-electron chi connectivity index (χ4n) is 4.22. The van der Waals surface area contributed by atoms with Crippen LogP contribution in [0.2, 0.25) is 5.02 Å². The fourth-order valence-corrected chi connectivity index (χ4v) is 4.61. The Kier molecular flexibility index (Phi) is 6.25. The van der Waals surface area contributed by atoms with Crippen molar-refractivity contribution < 1.29 is 19.2 Å². The monoisotopic (exact) mass is 502 g/mol. The number of carbonyl (C=O) groups excluding carboxylic acids is 4. The third kappa shape index (κ3) is 4.29. The highest BCUT2D eigenvalue weighted by molar-refractivity contribution is 9.10. The Morgan fingerprint density at radius 1 is 0.903 bits per heavy atom. The van der Waals surface area contributed by atoms with Crippen molar-refractivity contribution in [3.05, 3.63) is 69.2 Å². The maximum Gasteiger partial charge on any atom is 0.273 e. The summed E-state index contributed by atoms with van der Waals surface area (Å²) in [6, 6.07) is 12.8. The van der Waals surface area contributed by atoms with E-state index in [0.29, 0.717) is 23.4 Å². The van der Waals surface area contributed by atoms with Gasteiger partial charge in [0.05, 0.1) is 11.8 Å². The molecule has 1 aliphatic heterocycles. The first-order chi connectivity index (χ1) is 14.9. The van der Waals surface area contributed by atoms with Crippen molar-refractivity contribution in [3.8, 4) is 0 Å².